The number of aryl methyl sites for hydroxylation is 1. The van der Waals surface area contributed by atoms with E-state index in [4.69, 9.17) is 0 Å². The molecule has 2 heterocycles. The highest BCUT2D eigenvalue weighted by Gasteiger charge is 2.22. The minimum atomic E-state index is -0.299. The molecule has 3 rings (SSSR count). The van der Waals surface area contributed by atoms with E-state index in [1.54, 1.807) is 29.2 Å². The number of carbonyl (C=O) groups excluding carboxylic acids is 2. The van der Waals surface area contributed by atoms with Crippen LogP contribution >= 0.6 is 11.3 Å². The summed E-state index contributed by atoms with van der Waals surface area (Å²) >= 11 is 1.50. The molecule has 0 aliphatic carbocycles. The van der Waals surface area contributed by atoms with Crippen LogP contribution in [0, 0.1) is 6.92 Å². The average Bonchev–Trinajstić information content (AvgIpc) is 3.02. The Hall–Kier alpha value is -2.18. The summed E-state index contributed by atoms with van der Waals surface area (Å²) in [6, 6.07) is 6.93. The number of hydrogen-bond donors (Lipinski definition) is 2. The number of hydrogen-bond acceptors (Lipinski definition) is 4. The van der Waals surface area contributed by atoms with E-state index in [1.807, 2.05) is 17.7 Å². The Balaban J connectivity index is 1.64. The number of nitrogens with zero attached hydrogens (tertiary/aromatic N) is 1. The number of carbonyl (C=O) groups is 2. The molecule has 0 radical (unpaired) electrons. The van der Waals surface area contributed by atoms with Crippen molar-refractivity contribution < 1.29 is 14.7 Å². The van der Waals surface area contributed by atoms with Gasteiger partial charge in [-0.1, -0.05) is 0 Å². The molecule has 0 atom stereocenters. The van der Waals surface area contributed by atoms with Gasteiger partial charge in [0.1, 0.15) is 0 Å². The Morgan fingerprint density at radius 1 is 1.17 bits per heavy atom. The fraction of sp³-hybridized carbons (Fsp3) is 0.333. The number of piperidine rings is 1. The molecule has 0 bridgehead atoms. The highest BCUT2D eigenvalue weighted by Crippen LogP contribution is 2.18. The van der Waals surface area contributed by atoms with Crippen LogP contribution in [0.1, 0.15) is 39.1 Å². The van der Waals surface area contributed by atoms with Crippen molar-refractivity contribution in [3.63, 3.8) is 0 Å². The van der Waals surface area contributed by atoms with Gasteiger partial charge in [0.25, 0.3) is 11.8 Å². The van der Waals surface area contributed by atoms with E-state index in [0.29, 0.717) is 42.7 Å². The first-order chi connectivity index (χ1) is 11.5. The SMILES string of the molecule is Cc1cscc1C(=O)Nc1ccc(C(=O)N2CCC(O)CC2)cc1. The zero-order valence-corrected chi connectivity index (χ0v) is 14.3. The quantitative estimate of drug-likeness (QED) is 0.899. The third-order valence-electron chi connectivity index (χ3n) is 4.24. The number of nitrogens with one attached hydrogen (secondary N) is 1. The molecule has 1 aromatic carbocycles. The molecule has 2 aromatic rings. The molecule has 0 spiro atoms. The van der Waals surface area contributed by atoms with Gasteiger partial charge in [-0.15, -0.1) is 0 Å². The van der Waals surface area contributed by atoms with Crippen LogP contribution in [0.4, 0.5) is 5.69 Å². The summed E-state index contributed by atoms with van der Waals surface area (Å²) in [5.74, 6) is -0.175. The van der Waals surface area contributed by atoms with Gasteiger partial charge in [-0.2, -0.15) is 11.3 Å². The fourth-order valence-corrected chi connectivity index (χ4v) is 3.57. The summed E-state index contributed by atoms with van der Waals surface area (Å²) in [7, 11) is 0. The van der Waals surface area contributed by atoms with Gasteiger partial charge in [-0.3, -0.25) is 9.59 Å². The third-order valence-corrected chi connectivity index (χ3v) is 5.10. The number of likely N-dealkylation sites (tertiary alicyclic amines) is 1. The number of rotatable bonds is 3. The Bertz CT molecular complexity index is 731. The molecule has 1 saturated heterocycles. The van der Waals surface area contributed by atoms with E-state index in [0.717, 1.165) is 5.56 Å². The standard InChI is InChI=1S/C18H20N2O3S/c1-12-10-24-11-16(12)17(22)19-14-4-2-13(3-5-14)18(23)20-8-6-15(21)7-9-20/h2-5,10-11,15,21H,6-9H2,1H3,(H,19,22). The molecule has 1 aliphatic heterocycles. The summed E-state index contributed by atoms with van der Waals surface area (Å²) in [6.07, 6.45) is 0.951. The molecule has 0 unspecified atom stereocenters. The van der Waals surface area contributed by atoms with Crippen molar-refractivity contribution in [1.82, 2.24) is 4.90 Å². The largest absolute Gasteiger partial charge is 0.393 e. The van der Waals surface area contributed by atoms with E-state index in [-0.39, 0.29) is 17.9 Å². The van der Waals surface area contributed by atoms with Crippen LogP contribution in [-0.4, -0.2) is 41.0 Å². The minimum absolute atomic E-state index is 0.0338. The van der Waals surface area contributed by atoms with E-state index in [2.05, 4.69) is 5.32 Å². The second-order valence-electron chi connectivity index (χ2n) is 6.02. The van der Waals surface area contributed by atoms with Gasteiger partial charge < -0.3 is 15.3 Å². The zero-order valence-electron chi connectivity index (χ0n) is 13.5. The first-order valence-corrected chi connectivity index (χ1v) is 8.90. The maximum absolute atomic E-state index is 12.4. The second-order valence-corrected chi connectivity index (χ2v) is 6.77. The topological polar surface area (TPSA) is 69.6 Å². The molecule has 24 heavy (non-hydrogen) atoms. The van der Waals surface area contributed by atoms with Crippen LogP contribution in [0.3, 0.4) is 0 Å². The van der Waals surface area contributed by atoms with Gasteiger partial charge in [0.05, 0.1) is 11.7 Å². The summed E-state index contributed by atoms with van der Waals surface area (Å²) in [5.41, 5.74) is 2.89. The normalized spacial score (nSPS) is 15.3. The number of amides is 2. The molecular weight excluding hydrogens is 324 g/mol. The maximum Gasteiger partial charge on any atom is 0.256 e. The predicted octanol–water partition coefficient (Wildman–Crippen LogP) is 2.91. The molecule has 0 saturated carbocycles. The van der Waals surface area contributed by atoms with Gasteiger partial charge in [0, 0.05) is 29.7 Å². The lowest BCUT2D eigenvalue weighted by Gasteiger charge is -2.29. The van der Waals surface area contributed by atoms with Crippen molar-refractivity contribution in [2.45, 2.75) is 25.9 Å². The minimum Gasteiger partial charge on any atom is -0.393 e. The number of anilines is 1. The van der Waals surface area contributed by atoms with Crippen molar-refractivity contribution in [2.24, 2.45) is 0 Å². The lowest BCUT2D eigenvalue weighted by molar-refractivity contribution is 0.0546. The van der Waals surface area contributed by atoms with Crippen LogP contribution < -0.4 is 5.32 Å². The predicted molar refractivity (Wildman–Crippen MR) is 94.6 cm³/mol. The Labute approximate surface area is 144 Å². The highest BCUT2D eigenvalue weighted by atomic mass is 32.1. The van der Waals surface area contributed by atoms with Crippen LogP contribution in [0.2, 0.25) is 0 Å². The molecular formula is C18H20N2O3S. The smallest absolute Gasteiger partial charge is 0.256 e. The highest BCUT2D eigenvalue weighted by molar-refractivity contribution is 7.08. The van der Waals surface area contributed by atoms with Crippen LogP contribution in [0.25, 0.3) is 0 Å². The Kier molecular flexibility index (Phi) is 4.97. The number of thiophene rings is 1. The monoisotopic (exact) mass is 344 g/mol. The fourth-order valence-electron chi connectivity index (χ4n) is 2.74. The lowest BCUT2D eigenvalue weighted by atomic mass is 10.1. The molecule has 2 amide bonds. The van der Waals surface area contributed by atoms with Gasteiger partial charge in [0.2, 0.25) is 0 Å². The van der Waals surface area contributed by atoms with E-state index in [1.165, 1.54) is 11.3 Å². The van der Waals surface area contributed by atoms with E-state index < -0.39 is 0 Å². The molecule has 126 valence electrons. The molecule has 5 nitrogen and oxygen atoms in total. The zero-order chi connectivity index (χ0) is 17.1. The van der Waals surface area contributed by atoms with Crippen molar-refractivity contribution in [1.29, 1.82) is 0 Å². The molecule has 2 N–H and O–H groups in total. The van der Waals surface area contributed by atoms with Gasteiger partial charge in [-0.25, -0.2) is 0 Å². The Morgan fingerprint density at radius 3 is 2.42 bits per heavy atom. The summed E-state index contributed by atoms with van der Waals surface area (Å²) in [6.45, 7) is 3.06. The summed E-state index contributed by atoms with van der Waals surface area (Å²) < 4.78 is 0. The molecule has 1 aliphatic rings. The molecule has 1 aromatic heterocycles. The summed E-state index contributed by atoms with van der Waals surface area (Å²) in [4.78, 5) is 26.4. The van der Waals surface area contributed by atoms with Crippen molar-refractivity contribution in [3.8, 4) is 0 Å². The van der Waals surface area contributed by atoms with Gasteiger partial charge >= 0.3 is 0 Å². The van der Waals surface area contributed by atoms with Crippen LogP contribution in [-0.2, 0) is 0 Å². The molecule has 1 fully saturated rings. The first kappa shape index (κ1) is 16.7. The maximum atomic E-state index is 12.4. The summed E-state index contributed by atoms with van der Waals surface area (Å²) in [5, 5.41) is 16.1. The van der Waals surface area contributed by atoms with Crippen molar-refractivity contribution in [3.05, 3.63) is 51.7 Å². The third kappa shape index (κ3) is 3.66. The van der Waals surface area contributed by atoms with Crippen molar-refractivity contribution >= 4 is 28.8 Å². The van der Waals surface area contributed by atoms with Gasteiger partial charge in [-0.05, 0) is 55.0 Å². The number of benzene rings is 1. The van der Waals surface area contributed by atoms with Crippen LogP contribution in [0.5, 0.6) is 0 Å². The van der Waals surface area contributed by atoms with E-state index >= 15 is 0 Å². The van der Waals surface area contributed by atoms with Crippen LogP contribution in [0.15, 0.2) is 35.0 Å². The first-order valence-electron chi connectivity index (χ1n) is 7.96. The Morgan fingerprint density at radius 2 is 1.83 bits per heavy atom. The molecule has 6 heteroatoms. The number of aliphatic hydroxyl groups excluding tert-OH is 1. The average molecular weight is 344 g/mol. The lowest BCUT2D eigenvalue weighted by Crippen LogP contribution is -2.40. The van der Waals surface area contributed by atoms with Gasteiger partial charge in [0.15, 0.2) is 0 Å². The number of aliphatic hydroxyl groups is 1. The second kappa shape index (κ2) is 7.15. The van der Waals surface area contributed by atoms with Crippen molar-refractivity contribution in [2.75, 3.05) is 18.4 Å². The van der Waals surface area contributed by atoms with E-state index in [9.17, 15) is 14.7 Å².